The van der Waals surface area contributed by atoms with Gasteiger partial charge in [-0.25, -0.2) is 9.97 Å². The van der Waals surface area contributed by atoms with Crippen LogP contribution in [0.5, 0.6) is 0 Å². The summed E-state index contributed by atoms with van der Waals surface area (Å²) in [6.07, 6.45) is 10.0. The molecule has 2 N–H and O–H groups in total. The van der Waals surface area contributed by atoms with Crippen LogP contribution in [0.3, 0.4) is 0 Å². The molecule has 126 valence electrons. The number of carbonyl (C=O) groups excluding carboxylic acids is 1. The molecule has 2 atom stereocenters. The lowest BCUT2D eigenvalue weighted by molar-refractivity contribution is -0.153. The smallest absolute Gasteiger partial charge is 0.308 e. The summed E-state index contributed by atoms with van der Waals surface area (Å²) in [5, 5.41) is 0.727. The minimum atomic E-state index is -0.961. The second kappa shape index (κ2) is 6.13. The molecule has 3 rings (SSSR count). The number of nitrogens with two attached hydrogens (primary N) is 1. The normalized spacial score (nSPS) is 23.5. The standard InChI is InChI=1S/C17H20N4O3/c1-4-17(7-5-12(24-17)9-23-16(22)11(2)3)21-8-6-13-14(18)19-10-20-15(13)21/h1,6,8,10-12H,5,7,9H2,2-3H3,(H2,18,19,20). The third-order valence-corrected chi connectivity index (χ3v) is 4.18. The van der Waals surface area contributed by atoms with Crippen LogP contribution in [0.25, 0.3) is 11.0 Å². The van der Waals surface area contributed by atoms with Crippen LogP contribution in [-0.2, 0) is 20.0 Å². The lowest BCUT2D eigenvalue weighted by atomic mass is 10.1. The van der Waals surface area contributed by atoms with Crippen molar-refractivity contribution in [2.45, 2.75) is 38.5 Å². The van der Waals surface area contributed by atoms with Gasteiger partial charge in [0.05, 0.1) is 17.4 Å². The van der Waals surface area contributed by atoms with Crippen molar-refractivity contribution in [3.8, 4) is 12.3 Å². The monoisotopic (exact) mass is 328 g/mol. The summed E-state index contributed by atoms with van der Waals surface area (Å²) in [7, 11) is 0. The zero-order valence-corrected chi connectivity index (χ0v) is 13.7. The molecule has 7 heteroatoms. The molecule has 2 aromatic heterocycles. The molecule has 0 bridgehead atoms. The molecule has 2 aromatic rings. The van der Waals surface area contributed by atoms with E-state index in [1.807, 2.05) is 6.07 Å². The number of hydrogen-bond donors (Lipinski definition) is 1. The number of nitrogen functional groups attached to an aromatic ring is 1. The van der Waals surface area contributed by atoms with E-state index in [0.29, 0.717) is 24.3 Å². The highest BCUT2D eigenvalue weighted by Gasteiger charge is 2.42. The van der Waals surface area contributed by atoms with E-state index in [4.69, 9.17) is 21.6 Å². The van der Waals surface area contributed by atoms with E-state index in [2.05, 4.69) is 15.9 Å². The van der Waals surface area contributed by atoms with E-state index >= 15 is 0 Å². The van der Waals surface area contributed by atoms with Gasteiger partial charge in [0, 0.05) is 12.6 Å². The van der Waals surface area contributed by atoms with Crippen LogP contribution in [-0.4, -0.2) is 33.2 Å². The Bertz CT molecular complexity index is 808. The highest BCUT2D eigenvalue weighted by Crippen LogP contribution is 2.37. The third-order valence-electron chi connectivity index (χ3n) is 4.18. The van der Waals surface area contributed by atoms with Crippen LogP contribution in [0.4, 0.5) is 5.82 Å². The lowest BCUT2D eigenvalue weighted by Crippen LogP contribution is -2.33. The van der Waals surface area contributed by atoms with Crippen molar-refractivity contribution in [2.24, 2.45) is 5.92 Å². The molecular weight excluding hydrogens is 308 g/mol. The summed E-state index contributed by atoms with van der Waals surface area (Å²) < 4.78 is 13.1. The van der Waals surface area contributed by atoms with Crippen molar-refractivity contribution >= 4 is 22.8 Å². The summed E-state index contributed by atoms with van der Waals surface area (Å²) in [6, 6.07) is 1.82. The average Bonchev–Trinajstić information content (AvgIpc) is 3.18. The highest BCUT2D eigenvalue weighted by atomic mass is 16.6. The summed E-state index contributed by atoms with van der Waals surface area (Å²) in [4.78, 5) is 19.9. The molecule has 0 amide bonds. The molecule has 1 fully saturated rings. The van der Waals surface area contributed by atoms with Crippen molar-refractivity contribution in [1.29, 1.82) is 0 Å². The first kappa shape index (κ1) is 16.3. The number of carbonyl (C=O) groups is 1. The SMILES string of the molecule is C#CC1(n2ccc3c(N)ncnc32)CCC(COC(=O)C(C)C)O1. The van der Waals surface area contributed by atoms with Gasteiger partial charge in [-0.3, -0.25) is 9.36 Å². The quantitative estimate of drug-likeness (QED) is 0.678. The van der Waals surface area contributed by atoms with Crippen LogP contribution in [0.15, 0.2) is 18.6 Å². The van der Waals surface area contributed by atoms with Gasteiger partial charge in [0.2, 0.25) is 5.72 Å². The molecule has 24 heavy (non-hydrogen) atoms. The van der Waals surface area contributed by atoms with Crippen molar-refractivity contribution in [3.63, 3.8) is 0 Å². The van der Waals surface area contributed by atoms with Crippen LogP contribution >= 0.6 is 0 Å². The number of anilines is 1. The molecule has 7 nitrogen and oxygen atoms in total. The fourth-order valence-electron chi connectivity index (χ4n) is 2.82. The maximum atomic E-state index is 11.6. The minimum absolute atomic E-state index is 0.170. The first-order valence-corrected chi connectivity index (χ1v) is 7.87. The van der Waals surface area contributed by atoms with E-state index in [1.54, 1.807) is 24.6 Å². The molecule has 0 aliphatic carbocycles. The Labute approximate surface area is 140 Å². The third kappa shape index (κ3) is 2.69. The minimum Gasteiger partial charge on any atom is -0.463 e. The number of nitrogens with zero attached hydrogens (tertiary/aromatic N) is 3. The van der Waals surface area contributed by atoms with Gasteiger partial charge < -0.3 is 15.2 Å². The number of fused-ring (bicyclic) bond motifs is 1. The summed E-state index contributed by atoms with van der Waals surface area (Å²) in [5.41, 5.74) is 5.54. The lowest BCUT2D eigenvalue weighted by Gasteiger charge is -2.26. The average molecular weight is 328 g/mol. The zero-order valence-electron chi connectivity index (χ0n) is 13.7. The van der Waals surface area contributed by atoms with E-state index in [-0.39, 0.29) is 24.6 Å². The second-order valence-electron chi connectivity index (χ2n) is 6.17. The van der Waals surface area contributed by atoms with Crippen molar-refractivity contribution in [3.05, 3.63) is 18.6 Å². The Morgan fingerprint density at radius 2 is 2.42 bits per heavy atom. The molecular formula is C17H20N4O3. The van der Waals surface area contributed by atoms with Crippen LogP contribution < -0.4 is 5.73 Å². The van der Waals surface area contributed by atoms with Gasteiger partial charge in [-0.05, 0) is 18.4 Å². The number of terminal acetylenes is 1. The van der Waals surface area contributed by atoms with Crippen molar-refractivity contribution in [2.75, 3.05) is 12.3 Å². The summed E-state index contributed by atoms with van der Waals surface area (Å²) >= 11 is 0. The topological polar surface area (TPSA) is 92.3 Å². The van der Waals surface area contributed by atoms with E-state index in [9.17, 15) is 4.79 Å². The Morgan fingerprint density at radius 1 is 1.62 bits per heavy atom. The molecule has 1 aliphatic rings. The Kier molecular flexibility index (Phi) is 4.16. The van der Waals surface area contributed by atoms with Crippen LogP contribution in [0.2, 0.25) is 0 Å². The fraction of sp³-hybridized carbons (Fsp3) is 0.471. The zero-order chi connectivity index (χ0) is 17.3. The Morgan fingerprint density at radius 3 is 3.12 bits per heavy atom. The first-order valence-electron chi connectivity index (χ1n) is 7.87. The largest absolute Gasteiger partial charge is 0.463 e. The van der Waals surface area contributed by atoms with Crippen LogP contribution in [0.1, 0.15) is 26.7 Å². The van der Waals surface area contributed by atoms with Crippen LogP contribution in [0, 0.1) is 18.3 Å². The number of aromatic nitrogens is 3. The van der Waals surface area contributed by atoms with Gasteiger partial charge in [0.15, 0.2) is 0 Å². The predicted octanol–water partition coefficient (Wildman–Crippen LogP) is 1.68. The van der Waals surface area contributed by atoms with E-state index < -0.39 is 5.72 Å². The van der Waals surface area contributed by atoms with Crippen molar-refractivity contribution in [1.82, 2.24) is 14.5 Å². The number of rotatable bonds is 4. The maximum absolute atomic E-state index is 11.6. The highest BCUT2D eigenvalue weighted by molar-refractivity contribution is 5.86. The number of hydrogen-bond acceptors (Lipinski definition) is 6. The first-order chi connectivity index (χ1) is 11.5. The molecule has 0 spiro atoms. The predicted molar refractivity (Wildman–Crippen MR) is 88.7 cm³/mol. The molecule has 1 saturated heterocycles. The number of ether oxygens (including phenoxy) is 2. The molecule has 2 unspecified atom stereocenters. The van der Waals surface area contributed by atoms with E-state index in [1.165, 1.54) is 6.33 Å². The second-order valence-corrected chi connectivity index (χ2v) is 6.17. The van der Waals surface area contributed by atoms with Gasteiger partial charge in [0.1, 0.15) is 24.4 Å². The Hall–Kier alpha value is -2.59. The molecule has 0 radical (unpaired) electrons. The summed E-state index contributed by atoms with van der Waals surface area (Å²) in [6.45, 7) is 3.77. The summed E-state index contributed by atoms with van der Waals surface area (Å²) in [5.74, 6) is 2.71. The van der Waals surface area contributed by atoms with Crippen molar-refractivity contribution < 1.29 is 14.3 Å². The fourth-order valence-corrected chi connectivity index (χ4v) is 2.82. The van der Waals surface area contributed by atoms with Gasteiger partial charge in [-0.1, -0.05) is 13.8 Å². The molecule has 1 aliphatic heterocycles. The van der Waals surface area contributed by atoms with Gasteiger partial charge in [0.25, 0.3) is 0 Å². The molecule has 0 saturated carbocycles. The molecule has 0 aromatic carbocycles. The van der Waals surface area contributed by atoms with E-state index in [0.717, 1.165) is 5.39 Å². The van der Waals surface area contributed by atoms with Gasteiger partial charge in [-0.2, -0.15) is 0 Å². The molecule has 3 heterocycles. The van der Waals surface area contributed by atoms with Gasteiger partial charge in [-0.15, -0.1) is 6.42 Å². The maximum Gasteiger partial charge on any atom is 0.308 e. The number of esters is 1. The Balaban J connectivity index is 1.82. The van der Waals surface area contributed by atoms with Gasteiger partial charge >= 0.3 is 5.97 Å².